The normalized spacial score (nSPS) is 20.5. The Morgan fingerprint density at radius 3 is 2.76 bits per heavy atom. The summed E-state index contributed by atoms with van der Waals surface area (Å²) in [5.74, 6) is -0.495. The van der Waals surface area contributed by atoms with Crippen molar-refractivity contribution in [1.82, 2.24) is 10.2 Å². The molecule has 1 atom stereocenters. The molecule has 1 aliphatic heterocycles. The molecule has 4 nitrogen and oxygen atoms in total. The van der Waals surface area contributed by atoms with Crippen LogP contribution in [0.1, 0.15) is 39.0 Å². The van der Waals surface area contributed by atoms with Gasteiger partial charge in [-0.2, -0.15) is 13.2 Å². The summed E-state index contributed by atoms with van der Waals surface area (Å²) in [6.07, 6.45) is 1.21. The van der Waals surface area contributed by atoms with Crippen LogP contribution in [0, 0.1) is 0 Å². The summed E-state index contributed by atoms with van der Waals surface area (Å²) < 4.78 is 39.7. The zero-order chi connectivity index (χ0) is 15.7. The van der Waals surface area contributed by atoms with Crippen LogP contribution in [-0.4, -0.2) is 55.9 Å². The number of nitrogens with zero attached hydrogens (tertiary/aromatic N) is 1. The molecule has 1 aliphatic rings. The lowest BCUT2D eigenvalue weighted by Crippen LogP contribution is -2.38. The molecule has 21 heavy (non-hydrogen) atoms. The Kier molecular flexibility index (Phi) is 8.03. The fourth-order valence-corrected chi connectivity index (χ4v) is 2.47. The molecule has 0 aromatic heterocycles. The summed E-state index contributed by atoms with van der Waals surface area (Å²) in [6, 6.07) is 0.629. The fraction of sp³-hybridized carbons (Fsp3) is 0.929. The smallest absolute Gasteiger partial charge is 0.362 e. The van der Waals surface area contributed by atoms with Crippen LogP contribution in [0.15, 0.2) is 0 Å². The number of halogens is 3. The molecule has 0 aliphatic carbocycles. The highest BCUT2D eigenvalue weighted by Gasteiger charge is 2.27. The summed E-state index contributed by atoms with van der Waals surface area (Å²) in [7, 11) is 0. The Bertz CT molecular complexity index is 311. The van der Waals surface area contributed by atoms with Crippen LogP contribution in [0.25, 0.3) is 0 Å². The second-order valence-electron chi connectivity index (χ2n) is 5.55. The van der Waals surface area contributed by atoms with Crippen molar-refractivity contribution in [3.63, 3.8) is 0 Å². The van der Waals surface area contributed by atoms with Crippen molar-refractivity contribution in [2.75, 3.05) is 32.8 Å². The van der Waals surface area contributed by atoms with Crippen molar-refractivity contribution < 1.29 is 22.7 Å². The monoisotopic (exact) mass is 310 g/mol. The highest BCUT2D eigenvalue weighted by Crippen LogP contribution is 2.16. The zero-order valence-electron chi connectivity index (χ0n) is 12.5. The number of carbonyl (C=O) groups excluding carboxylic acids is 1. The van der Waals surface area contributed by atoms with E-state index < -0.39 is 25.3 Å². The number of carbonyl (C=O) groups is 1. The number of hydrogen-bond acceptors (Lipinski definition) is 3. The average Bonchev–Trinajstić information content (AvgIpc) is 2.39. The lowest BCUT2D eigenvalue weighted by atomic mass is 10.0. The topological polar surface area (TPSA) is 41.6 Å². The van der Waals surface area contributed by atoms with Crippen molar-refractivity contribution in [3.8, 4) is 0 Å². The molecule has 0 aromatic rings. The Morgan fingerprint density at radius 2 is 2.10 bits per heavy atom. The van der Waals surface area contributed by atoms with Crippen molar-refractivity contribution in [2.45, 2.75) is 51.2 Å². The van der Waals surface area contributed by atoms with Crippen molar-refractivity contribution in [3.05, 3.63) is 0 Å². The Balaban J connectivity index is 1.97. The first-order valence-electron chi connectivity index (χ1n) is 7.54. The van der Waals surface area contributed by atoms with Gasteiger partial charge >= 0.3 is 6.18 Å². The van der Waals surface area contributed by atoms with Gasteiger partial charge in [0.15, 0.2) is 0 Å². The number of piperidine rings is 1. The summed E-state index contributed by atoms with van der Waals surface area (Å²) in [5.41, 5.74) is 0. The van der Waals surface area contributed by atoms with E-state index in [1.165, 1.54) is 19.3 Å². The maximum absolute atomic E-state index is 11.8. The van der Waals surface area contributed by atoms with E-state index in [4.69, 9.17) is 0 Å². The summed E-state index contributed by atoms with van der Waals surface area (Å²) in [6.45, 7) is 2.95. The quantitative estimate of drug-likeness (QED) is 0.700. The number of unbranched alkanes of at least 4 members (excludes halogenated alkanes) is 1. The number of hydrogen-bond donors (Lipinski definition) is 1. The van der Waals surface area contributed by atoms with Crippen LogP contribution in [0.4, 0.5) is 13.2 Å². The molecule has 1 rings (SSSR count). The number of amides is 1. The molecule has 1 unspecified atom stereocenters. The first kappa shape index (κ1) is 18.2. The maximum atomic E-state index is 11.8. The molecule has 1 amide bonds. The Labute approximate surface area is 124 Å². The van der Waals surface area contributed by atoms with Crippen molar-refractivity contribution in [2.24, 2.45) is 0 Å². The number of alkyl halides is 3. The average molecular weight is 310 g/mol. The molecule has 0 bridgehead atoms. The highest BCUT2D eigenvalue weighted by atomic mass is 19.4. The van der Waals surface area contributed by atoms with E-state index in [-0.39, 0.29) is 0 Å². The molecule has 1 fully saturated rings. The second kappa shape index (κ2) is 9.25. The van der Waals surface area contributed by atoms with Gasteiger partial charge in [-0.3, -0.25) is 4.79 Å². The van der Waals surface area contributed by atoms with Crippen molar-refractivity contribution in [1.29, 1.82) is 0 Å². The van der Waals surface area contributed by atoms with Gasteiger partial charge in [0.1, 0.15) is 13.2 Å². The lowest BCUT2D eigenvalue weighted by molar-refractivity contribution is -0.175. The molecule has 1 heterocycles. The first-order chi connectivity index (χ1) is 9.88. The summed E-state index contributed by atoms with van der Waals surface area (Å²) >= 11 is 0. The van der Waals surface area contributed by atoms with Crippen LogP contribution < -0.4 is 5.32 Å². The minimum Gasteiger partial charge on any atom is -0.362 e. The van der Waals surface area contributed by atoms with Crippen LogP contribution >= 0.6 is 0 Å². The second-order valence-corrected chi connectivity index (χ2v) is 5.55. The molecule has 0 radical (unpaired) electrons. The van der Waals surface area contributed by atoms with Crippen LogP contribution in [0.5, 0.6) is 0 Å². The predicted octanol–water partition coefficient (Wildman–Crippen LogP) is 2.34. The van der Waals surface area contributed by atoms with Gasteiger partial charge in [-0.05, 0) is 45.7 Å². The largest absolute Gasteiger partial charge is 0.411 e. The van der Waals surface area contributed by atoms with Gasteiger partial charge in [0.05, 0.1) is 0 Å². The highest BCUT2D eigenvalue weighted by molar-refractivity contribution is 5.77. The van der Waals surface area contributed by atoms with E-state index in [2.05, 4.69) is 21.9 Å². The van der Waals surface area contributed by atoms with E-state index >= 15 is 0 Å². The van der Waals surface area contributed by atoms with Gasteiger partial charge in [0.2, 0.25) is 5.91 Å². The number of nitrogens with one attached hydrogen (secondary N) is 1. The van der Waals surface area contributed by atoms with E-state index in [0.717, 1.165) is 25.9 Å². The van der Waals surface area contributed by atoms with Crippen LogP contribution in [0.3, 0.4) is 0 Å². The molecule has 0 aromatic carbocycles. The molecule has 0 spiro atoms. The number of likely N-dealkylation sites (tertiary alicyclic amines) is 1. The lowest BCUT2D eigenvalue weighted by Gasteiger charge is -2.33. The number of ether oxygens (including phenoxy) is 1. The summed E-state index contributed by atoms with van der Waals surface area (Å²) in [5, 5.41) is 2.57. The minimum absolute atomic E-state index is 0.483. The van der Waals surface area contributed by atoms with Gasteiger partial charge < -0.3 is 15.0 Å². The van der Waals surface area contributed by atoms with Crippen LogP contribution in [0.2, 0.25) is 0 Å². The number of rotatable bonds is 8. The molecule has 1 N–H and O–H groups in total. The van der Waals surface area contributed by atoms with E-state index in [9.17, 15) is 18.0 Å². The third-order valence-corrected chi connectivity index (χ3v) is 3.63. The van der Waals surface area contributed by atoms with Gasteiger partial charge in [0.25, 0.3) is 0 Å². The Hall–Kier alpha value is -0.820. The third kappa shape index (κ3) is 8.93. The van der Waals surface area contributed by atoms with Gasteiger partial charge in [-0.15, -0.1) is 0 Å². The SMILES string of the molecule is CC1CCCCN1CCCCNC(=O)COCC(F)(F)F. The molecular weight excluding hydrogens is 285 g/mol. The summed E-state index contributed by atoms with van der Waals surface area (Å²) in [4.78, 5) is 13.7. The van der Waals surface area contributed by atoms with E-state index in [1.807, 2.05) is 0 Å². The molecule has 0 saturated carbocycles. The molecule has 1 saturated heterocycles. The van der Waals surface area contributed by atoms with Crippen LogP contribution in [-0.2, 0) is 9.53 Å². The molecule has 7 heteroatoms. The Morgan fingerprint density at radius 1 is 1.33 bits per heavy atom. The third-order valence-electron chi connectivity index (χ3n) is 3.63. The molecule has 124 valence electrons. The van der Waals surface area contributed by atoms with Gasteiger partial charge in [-0.25, -0.2) is 0 Å². The first-order valence-corrected chi connectivity index (χ1v) is 7.54. The van der Waals surface area contributed by atoms with E-state index in [1.54, 1.807) is 0 Å². The minimum atomic E-state index is -4.38. The fourth-order valence-electron chi connectivity index (χ4n) is 2.47. The van der Waals surface area contributed by atoms with Gasteiger partial charge in [0, 0.05) is 12.6 Å². The molecular formula is C14H25F3N2O2. The standard InChI is InChI=1S/C14H25F3N2O2/c1-12-6-2-4-8-19(12)9-5-3-7-18-13(20)10-21-11-14(15,16)17/h12H,2-11H2,1H3,(H,18,20). The predicted molar refractivity (Wildman–Crippen MR) is 74.0 cm³/mol. The zero-order valence-corrected chi connectivity index (χ0v) is 12.5. The van der Waals surface area contributed by atoms with E-state index in [0.29, 0.717) is 12.6 Å². The maximum Gasteiger partial charge on any atom is 0.411 e. The van der Waals surface area contributed by atoms with Gasteiger partial charge in [-0.1, -0.05) is 6.42 Å². The van der Waals surface area contributed by atoms with Crippen molar-refractivity contribution >= 4 is 5.91 Å².